The lowest BCUT2D eigenvalue weighted by molar-refractivity contribution is 0.119. The minimum atomic E-state index is -0.161. The molecule has 0 aromatic rings. The molecule has 1 N–H and O–H groups in total. The first-order valence-corrected chi connectivity index (χ1v) is 8.55. The van der Waals surface area contributed by atoms with E-state index in [0.717, 1.165) is 24.7 Å². The summed E-state index contributed by atoms with van der Waals surface area (Å²) in [6.45, 7) is 6.95. The summed E-state index contributed by atoms with van der Waals surface area (Å²) in [7, 11) is 0. The number of amides is 1. The van der Waals surface area contributed by atoms with Gasteiger partial charge in [0.15, 0.2) is 0 Å². The van der Waals surface area contributed by atoms with E-state index in [2.05, 4.69) is 26.1 Å². The molecule has 0 saturated heterocycles. The average molecular weight is 279 g/mol. The number of alkyl carbamates (subject to hydrolysis) is 1. The second-order valence-corrected chi connectivity index (χ2v) is 7.61. The molecule has 3 heteroatoms. The maximum Gasteiger partial charge on any atom is 0.407 e. The molecule has 3 nitrogen and oxygen atoms in total. The lowest BCUT2D eigenvalue weighted by Gasteiger charge is -2.27. The van der Waals surface area contributed by atoms with Crippen LogP contribution in [-0.2, 0) is 4.74 Å². The van der Waals surface area contributed by atoms with Crippen molar-refractivity contribution in [3.8, 4) is 0 Å². The summed E-state index contributed by atoms with van der Waals surface area (Å²) in [6, 6.07) is 0.363. The lowest BCUT2D eigenvalue weighted by Crippen LogP contribution is -2.34. The number of nitrogens with one attached hydrogen (secondary N) is 1. The van der Waals surface area contributed by atoms with Crippen LogP contribution in [0.15, 0.2) is 0 Å². The van der Waals surface area contributed by atoms with Crippen LogP contribution >= 0.6 is 0 Å². The third-order valence-corrected chi connectivity index (χ3v) is 5.95. The summed E-state index contributed by atoms with van der Waals surface area (Å²) in [5.41, 5.74) is 0. The van der Waals surface area contributed by atoms with Gasteiger partial charge in [0, 0.05) is 17.9 Å². The van der Waals surface area contributed by atoms with Gasteiger partial charge in [-0.15, -0.1) is 0 Å². The van der Waals surface area contributed by atoms with E-state index in [1.54, 1.807) is 0 Å². The molecule has 20 heavy (non-hydrogen) atoms. The van der Waals surface area contributed by atoms with Gasteiger partial charge in [-0.2, -0.15) is 0 Å². The maximum atomic E-state index is 12.0. The highest BCUT2D eigenvalue weighted by molar-refractivity contribution is 5.68. The minimum Gasteiger partial charge on any atom is -0.446 e. The highest BCUT2D eigenvalue weighted by atomic mass is 16.6. The molecule has 114 valence electrons. The molecule has 0 radical (unpaired) electrons. The summed E-state index contributed by atoms with van der Waals surface area (Å²) in [5.74, 6) is 3.44. The molecule has 3 saturated carbocycles. The minimum absolute atomic E-state index is 0.161. The first-order valence-electron chi connectivity index (χ1n) is 8.55. The SMILES string of the molecule is CC(C)C1CCC(C)C2C(OC(=O)NC3CCCC3)C12. The maximum absolute atomic E-state index is 12.0. The summed E-state index contributed by atoms with van der Waals surface area (Å²) >= 11 is 0. The monoisotopic (exact) mass is 279 g/mol. The Balaban J connectivity index is 1.54. The standard InChI is InChI=1S/C17H29NO2/c1-10(2)13-9-8-11(3)14-15(13)16(14)20-17(19)18-12-6-4-5-7-12/h10-16H,4-9H2,1-3H3,(H,18,19). The summed E-state index contributed by atoms with van der Waals surface area (Å²) in [6.07, 6.45) is 7.37. The van der Waals surface area contributed by atoms with Crippen molar-refractivity contribution in [1.82, 2.24) is 5.32 Å². The van der Waals surface area contributed by atoms with Crippen molar-refractivity contribution in [3.63, 3.8) is 0 Å². The van der Waals surface area contributed by atoms with Crippen molar-refractivity contribution < 1.29 is 9.53 Å². The first-order chi connectivity index (χ1) is 9.58. The molecular formula is C17H29NO2. The van der Waals surface area contributed by atoms with Crippen molar-refractivity contribution in [3.05, 3.63) is 0 Å². The smallest absolute Gasteiger partial charge is 0.407 e. The van der Waals surface area contributed by atoms with Crippen molar-refractivity contribution in [2.24, 2.45) is 29.6 Å². The zero-order valence-corrected chi connectivity index (χ0v) is 13.1. The number of rotatable bonds is 3. The fourth-order valence-electron chi connectivity index (χ4n) is 4.73. The van der Waals surface area contributed by atoms with E-state index < -0.39 is 0 Å². The van der Waals surface area contributed by atoms with Crippen LogP contribution in [0.5, 0.6) is 0 Å². The zero-order valence-electron chi connectivity index (χ0n) is 13.1. The van der Waals surface area contributed by atoms with Gasteiger partial charge in [0.2, 0.25) is 0 Å². The van der Waals surface area contributed by atoms with Crippen LogP contribution in [0.4, 0.5) is 4.79 Å². The largest absolute Gasteiger partial charge is 0.446 e. The predicted molar refractivity (Wildman–Crippen MR) is 79.4 cm³/mol. The topological polar surface area (TPSA) is 38.3 Å². The fourth-order valence-corrected chi connectivity index (χ4v) is 4.73. The van der Waals surface area contributed by atoms with Crippen LogP contribution in [0.1, 0.15) is 59.3 Å². The van der Waals surface area contributed by atoms with Crippen LogP contribution < -0.4 is 5.32 Å². The summed E-state index contributed by atoms with van der Waals surface area (Å²) in [5, 5.41) is 3.06. The molecular weight excluding hydrogens is 250 g/mol. The molecule has 0 bridgehead atoms. The van der Waals surface area contributed by atoms with Crippen LogP contribution in [-0.4, -0.2) is 18.2 Å². The number of hydrogen-bond acceptors (Lipinski definition) is 2. The molecule has 0 aromatic heterocycles. The Morgan fingerprint density at radius 3 is 2.45 bits per heavy atom. The highest BCUT2D eigenvalue weighted by Gasteiger charge is 2.61. The Hall–Kier alpha value is -0.730. The normalized spacial score (nSPS) is 40.5. The molecule has 5 unspecified atom stereocenters. The van der Waals surface area contributed by atoms with Crippen molar-refractivity contribution >= 4 is 6.09 Å². The first kappa shape index (κ1) is 14.2. The van der Waals surface area contributed by atoms with E-state index >= 15 is 0 Å². The van der Waals surface area contributed by atoms with Crippen molar-refractivity contribution in [1.29, 1.82) is 0 Å². The van der Waals surface area contributed by atoms with Gasteiger partial charge in [-0.3, -0.25) is 0 Å². The average Bonchev–Trinajstić information content (AvgIpc) is 2.86. The van der Waals surface area contributed by atoms with Gasteiger partial charge >= 0.3 is 6.09 Å². The van der Waals surface area contributed by atoms with E-state index in [9.17, 15) is 4.79 Å². The second kappa shape index (κ2) is 5.57. The Kier molecular flexibility index (Phi) is 3.96. The van der Waals surface area contributed by atoms with Gasteiger partial charge in [-0.1, -0.05) is 40.0 Å². The van der Waals surface area contributed by atoms with Crippen molar-refractivity contribution in [2.75, 3.05) is 0 Å². The molecule has 3 fully saturated rings. The van der Waals surface area contributed by atoms with Crippen LogP contribution in [0.2, 0.25) is 0 Å². The quantitative estimate of drug-likeness (QED) is 0.849. The third kappa shape index (κ3) is 2.68. The molecule has 0 heterocycles. The lowest BCUT2D eigenvalue weighted by atomic mass is 9.78. The van der Waals surface area contributed by atoms with Gasteiger partial charge in [0.25, 0.3) is 0 Å². The summed E-state index contributed by atoms with van der Waals surface area (Å²) < 4.78 is 5.77. The van der Waals surface area contributed by atoms with E-state index in [1.807, 2.05) is 0 Å². The molecule has 3 rings (SSSR count). The number of fused-ring (bicyclic) bond motifs is 1. The Morgan fingerprint density at radius 2 is 1.80 bits per heavy atom. The Morgan fingerprint density at radius 1 is 1.10 bits per heavy atom. The fraction of sp³-hybridized carbons (Fsp3) is 0.941. The van der Waals surface area contributed by atoms with Gasteiger partial charge < -0.3 is 10.1 Å². The molecule has 0 spiro atoms. The van der Waals surface area contributed by atoms with Gasteiger partial charge in [0.1, 0.15) is 6.10 Å². The van der Waals surface area contributed by atoms with Crippen molar-refractivity contribution in [2.45, 2.75) is 71.4 Å². The molecule has 1 amide bonds. The van der Waals surface area contributed by atoms with E-state index in [0.29, 0.717) is 23.8 Å². The zero-order chi connectivity index (χ0) is 14.3. The van der Waals surface area contributed by atoms with Gasteiger partial charge in [0.05, 0.1) is 0 Å². The molecule has 3 aliphatic carbocycles. The molecule has 0 aromatic carbocycles. The van der Waals surface area contributed by atoms with Gasteiger partial charge in [-0.05, 0) is 37.0 Å². The second-order valence-electron chi connectivity index (χ2n) is 7.61. The highest BCUT2D eigenvalue weighted by Crippen LogP contribution is 2.59. The Labute approximate surface area is 122 Å². The van der Waals surface area contributed by atoms with E-state index in [-0.39, 0.29) is 12.2 Å². The molecule has 5 atom stereocenters. The molecule has 3 aliphatic rings. The number of carbonyl (C=O) groups excluding carboxylic acids is 1. The number of carbonyl (C=O) groups is 1. The number of hydrogen-bond donors (Lipinski definition) is 1. The van der Waals surface area contributed by atoms with E-state index in [1.165, 1.54) is 25.7 Å². The van der Waals surface area contributed by atoms with Crippen LogP contribution in [0.25, 0.3) is 0 Å². The third-order valence-electron chi connectivity index (χ3n) is 5.95. The molecule has 0 aliphatic heterocycles. The van der Waals surface area contributed by atoms with Gasteiger partial charge in [-0.25, -0.2) is 4.79 Å². The number of ether oxygens (including phenoxy) is 1. The van der Waals surface area contributed by atoms with Crippen LogP contribution in [0, 0.1) is 29.6 Å². The Bertz CT molecular complexity index is 362. The summed E-state index contributed by atoms with van der Waals surface area (Å²) in [4.78, 5) is 12.0. The van der Waals surface area contributed by atoms with Crippen LogP contribution in [0.3, 0.4) is 0 Å². The van der Waals surface area contributed by atoms with E-state index in [4.69, 9.17) is 4.74 Å². The predicted octanol–water partition coefficient (Wildman–Crippen LogP) is 3.97.